The minimum absolute atomic E-state index is 0.0545. The van der Waals surface area contributed by atoms with E-state index in [9.17, 15) is 28.7 Å². The molecule has 0 aliphatic heterocycles. The third-order valence-corrected chi connectivity index (χ3v) is 12.5. The Morgan fingerprint density at radius 2 is 0.840 bits per heavy atom. The van der Waals surface area contributed by atoms with Crippen molar-refractivity contribution in [2.75, 3.05) is 19.8 Å². The molecule has 0 fully saturated rings. The summed E-state index contributed by atoms with van der Waals surface area (Å²) in [5.41, 5.74) is 0. The Hall–Kier alpha value is -0.820. The first-order chi connectivity index (χ1) is 24.1. The van der Waals surface area contributed by atoms with Gasteiger partial charge in [-0.3, -0.25) is 9.13 Å². The van der Waals surface area contributed by atoms with Gasteiger partial charge in [-0.1, -0.05) is 140 Å². The van der Waals surface area contributed by atoms with Crippen molar-refractivity contribution < 1.29 is 38.2 Å². The Kier molecular flexibility index (Phi) is 34.6. The molecule has 0 aliphatic rings. The van der Waals surface area contributed by atoms with E-state index in [1.54, 1.807) is 0 Å². The van der Waals surface area contributed by atoms with Gasteiger partial charge >= 0.3 is 15.2 Å². The third kappa shape index (κ3) is 34.3. The molecule has 1 atom stereocenters. The van der Waals surface area contributed by atoms with E-state index in [2.05, 4.69) is 62.5 Å². The van der Waals surface area contributed by atoms with Crippen LogP contribution < -0.4 is 0 Å². The van der Waals surface area contributed by atoms with Crippen molar-refractivity contribution in [1.29, 1.82) is 0 Å². The summed E-state index contributed by atoms with van der Waals surface area (Å²) in [5, 5.41) is -2.08. The van der Waals surface area contributed by atoms with Gasteiger partial charge < -0.3 is 29.0 Å². The topological polar surface area (TPSA) is 134 Å². The van der Waals surface area contributed by atoms with Crippen LogP contribution in [0.1, 0.15) is 174 Å². The molecule has 294 valence electrons. The van der Waals surface area contributed by atoms with Crippen LogP contribution in [0.4, 0.5) is 0 Å². The van der Waals surface area contributed by atoms with E-state index in [0.717, 1.165) is 70.6 Å². The van der Waals surface area contributed by atoms with Crippen LogP contribution in [0.15, 0.2) is 48.6 Å². The SMILES string of the molecule is CCCCCC=CCC=CCCCCCCCCOCC(CC(P(=O)(O)O)P(=O)(O)O)OCCCCCCCCC=CCC=CCCCCC. The van der Waals surface area contributed by atoms with Crippen LogP contribution in [0.3, 0.4) is 0 Å². The lowest BCUT2D eigenvalue weighted by atomic mass is 10.1. The summed E-state index contributed by atoms with van der Waals surface area (Å²) in [6.07, 6.45) is 44.2. The van der Waals surface area contributed by atoms with Crippen molar-refractivity contribution in [2.24, 2.45) is 0 Å². The molecule has 0 amide bonds. The molecule has 0 radical (unpaired) electrons. The number of rotatable bonds is 37. The molecule has 10 heteroatoms. The fraction of sp³-hybridized carbons (Fsp3) is 0.800. The molecule has 0 aliphatic carbocycles. The maximum Gasteiger partial charge on any atom is 0.340 e. The number of unbranched alkanes of at least 4 members (excludes halogenated alkanes) is 18. The fourth-order valence-corrected chi connectivity index (χ4v) is 8.22. The minimum Gasteiger partial charge on any atom is -0.379 e. The summed E-state index contributed by atoms with van der Waals surface area (Å²) >= 11 is 0. The second kappa shape index (κ2) is 35.2. The first kappa shape index (κ1) is 49.2. The highest BCUT2D eigenvalue weighted by molar-refractivity contribution is 7.70. The van der Waals surface area contributed by atoms with Gasteiger partial charge in [0.2, 0.25) is 0 Å². The molecule has 0 aromatic carbocycles. The lowest BCUT2D eigenvalue weighted by Crippen LogP contribution is -2.27. The van der Waals surface area contributed by atoms with Gasteiger partial charge in [0.25, 0.3) is 0 Å². The van der Waals surface area contributed by atoms with Crippen molar-refractivity contribution in [3.05, 3.63) is 48.6 Å². The smallest absolute Gasteiger partial charge is 0.340 e. The summed E-state index contributed by atoms with van der Waals surface area (Å²) < 4.78 is 35.4. The van der Waals surface area contributed by atoms with E-state index in [0.29, 0.717) is 13.2 Å². The van der Waals surface area contributed by atoms with Gasteiger partial charge in [0.15, 0.2) is 5.40 Å². The van der Waals surface area contributed by atoms with Gasteiger partial charge in [-0.15, -0.1) is 0 Å². The molecule has 0 rings (SSSR count). The highest BCUT2D eigenvalue weighted by Crippen LogP contribution is 2.61. The van der Waals surface area contributed by atoms with E-state index in [1.807, 2.05) is 0 Å². The Bertz CT molecular complexity index is 931. The quantitative estimate of drug-likeness (QED) is 0.0280. The first-order valence-electron chi connectivity index (χ1n) is 20.0. The zero-order valence-electron chi connectivity index (χ0n) is 31.9. The van der Waals surface area contributed by atoms with Crippen LogP contribution in [-0.4, -0.2) is 50.9 Å². The molecule has 0 spiro atoms. The van der Waals surface area contributed by atoms with E-state index < -0.39 is 33.1 Å². The van der Waals surface area contributed by atoms with Crippen LogP contribution >= 0.6 is 15.2 Å². The van der Waals surface area contributed by atoms with Gasteiger partial charge in [0, 0.05) is 19.6 Å². The summed E-state index contributed by atoms with van der Waals surface area (Å²) in [6, 6.07) is 0. The maximum absolute atomic E-state index is 11.9. The molecule has 0 saturated heterocycles. The molecule has 0 bridgehead atoms. The van der Waals surface area contributed by atoms with Gasteiger partial charge in [-0.2, -0.15) is 0 Å². The van der Waals surface area contributed by atoms with Crippen molar-refractivity contribution in [3.63, 3.8) is 0 Å². The lowest BCUT2D eigenvalue weighted by molar-refractivity contribution is -0.0218. The average molecular weight is 747 g/mol. The summed E-state index contributed by atoms with van der Waals surface area (Å²) in [7, 11) is -10.0. The second-order valence-corrected chi connectivity index (χ2v) is 17.6. The third-order valence-electron chi connectivity index (χ3n) is 8.74. The van der Waals surface area contributed by atoms with Gasteiger partial charge in [-0.05, 0) is 77.0 Å². The summed E-state index contributed by atoms with van der Waals surface area (Å²) in [6.45, 7) is 5.35. The first-order valence-corrected chi connectivity index (χ1v) is 23.4. The van der Waals surface area contributed by atoms with Crippen molar-refractivity contribution >= 4 is 15.2 Å². The minimum atomic E-state index is -5.02. The van der Waals surface area contributed by atoms with E-state index >= 15 is 0 Å². The fourth-order valence-electron chi connectivity index (χ4n) is 5.64. The standard InChI is InChI=1S/C40H76O8P2/c1-3-5-7-9-11-13-15-17-19-21-23-25-27-29-31-33-35-47-38-39(37-40(49(41,42)43)50(44,45)46)48-36-34-32-30-28-26-24-22-20-18-16-14-12-10-8-6-4-2/h11-14,17-20,39-40H,3-10,15-16,21-38H2,1-2H3,(H2,41,42,43)(H2,44,45,46). The van der Waals surface area contributed by atoms with E-state index in [-0.39, 0.29) is 6.61 Å². The van der Waals surface area contributed by atoms with Gasteiger partial charge in [0.1, 0.15) is 0 Å². The van der Waals surface area contributed by atoms with Crippen LogP contribution in [0, 0.1) is 0 Å². The summed E-state index contributed by atoms with van der Waals surface area (Å²) in [4.78, 5) is 38.5. The average Bonchev–Trinajstić information content (AvgIpc) is 3.06. The Morgan fingerprint density at radius 3 is 1.24 bits per heavy atom. The zero-order valence-corrected chi connectivity index (χ0v) is 33.7. The molecule has 1 unspecified atom stereocenters. The number of hydrogen-bond donors (Lipinski definition) is 4. The molecule has 0 aromatic heterocycles. The van der Waals surface area contributed by atoms with Crippen molar-refractivity contribution in [3.8, 4) is 0 Å². The highest BCUT2D eigenvalue weighted by atomic mass is 31.2. The molecule has 0 aromatic rings. The Balaban J connectivity index is 4.18. The molecule has 50 heavy (non-hydrogen) atoms. The second-order valence-electron chi connectivity index (χ2n) is 13.6. The predicted molar refractivity (Wildman–Crippen MR) is 212 cm³/mol. The van der Waals surface area contributed by atoms with Crippen molar-refractivity contribution in [1.82, 2.24) is 0 Å². The van der Waals surface area contributed by atoms with Crippen LogP contribution in [0.5, 0.6) is 0 Å². The molecular formula is C40H76O8P2. The Labute approximate surface area is 307 Å². The van der Waals surface area contributed by atoms with Crippen LogP contribution in [-0.2, 0) is 18.6 Å². The molecular weight excluding hydrogens is 670 g/mol. The van der Waals surface area contributed by atoms with Crippen LogP contribution in [0.2, 0.25) is 0 Å². The molecule has 8 nitrogen and oxygen atoms in total. The van der Waals surface area contributed by atoms with Gasteiger partial charge in [-0.25, -0.2) is 0 Å². The number of hydrogen-bond acceptors (Lipinski definition) is 4. The maximum atomic E-state index is 11.9. The van der Waals surface area contributed by atoms with Gasteiger partial charge in [0.05, 0.1) is 12.7 Å². The number of ether oxygens (including phenoxy) is 2. The monoisotopic (exact) mass is 747 g/mol. The van der Waals surface area contributed by atoms with E-state index in [1.165, 1.54) is 83.5 Å². The zero-order chi connectivity index (χ0) is 37.0. The molecule has 4 N–H and O–H groups in total. The molecule has 0 saturated carbocycles. The van der Waals surface area contributed by atoms with Crippen LogP contribution in [0.25, 0.3) is 0 Å². The van der Waals surface area contributed by atoms with E-state index in [4.69, 9.17) is 9.47 Å². The highest BCUT2D eigenvalue weighted by Gasteiger charge is 2.44. The number of allylic oxidation sites excluding steroid dienone is 8. The Morgan fingerprint density at radius 1 is 0.480 bits per heavy atom. The lowest BCUT2D eigenvalue weighted by Gasteiger charge is -2.25. The predicted octanol–water partition coefficient (Wildman–Crippen LogP) is 12.1. The molecule has 0 heterocycles. The van der Waals surface area contributed by atoms with Crippen molar-refractivity contribution in [2.45, 2.75) is 186 Å². The largest absolute Gasteiger partial charge is 0.379 e. The summed E-state index contributed by atoms with van der Waals surface area (Å²) in [5.74, 6) is 0. The normalized spacial score (nSPS) is 13.7.